The van der Waals surface area contributed by atoms with Crippen LogP contribution in [0.25, 0.3) is 10.9 Å². The van der Waals surface area contributed by atoms with Crippen molar-refractivity contribution in [2.75, 3.05) is 38.5 Å². The fraction of sp³-hybridized carbons (Fsp3) is 0.333. The Morgan fingerprint density at radius 3 is 2.54 bits per heavy atom. The van der Waals surface area contributed by atoms with E-state index < -0.39 is 0 Å². The van der Waals surface area contributed by atoms with Gasteiger partial charge in [-0.05, 0) is 42.3 Å². The Balaban J connectivity index is 1.38. The first-order valence-corrected chi connectivity index (χ1v) is 9.49. The van der Waals surface area contributed by atoms with Crippen LogP contribution in [0.1, 0.15) is 16.1 Å². The second kappa shape index (κ2) is 7.59. The van der Waals surface area contributed by atoms with Crippen LogP contribution in [0.3, 0.4) is 0 Å². The lowest BCUT2D eigenvalue weighted by Gasteiger charge is -2.34. The van der Waals surface area contributed by atoms with Crippen LogP contribution < -0.4 is 5.73 Å². The normalized spacial score (nSPS) is 15.3. The van der Waals surface area contributed by atoms with Gasteiger partial charge in [-0.25, -0.2) is 4.39 Å². The van der Waals surface area contributed by atoms with Crippen molar-refractivity contribution in [2.45, 2.75) is 6.42 Å². The maximum atomic E-state index is 13.1. The third kappa shape index (κ3) is 3.71. The molecule has 3 aromatic rings. The molecule has 0 bridgehead atoms. The van der Waals surface area contributed by atoms with Gasteiger partial charge in [-0.3, -0.25) is 14.4 Å². The molecule has 6 nitrogen and oxygen atoms in total. The first-order chi connectivity index (χ1) is 13.5. The summed E-state index contributed by atoms with van der Waals surface area (Å²) in [7, 11) is 1.79. The molecule has 1 aliphatic rings. The molecular formula is C21H24FN5O. The number of rotatable bonds is 4. The number of fused-ring (bicyclic) bond motifs is 1. The van der Waals surface area contributed by atoms with Gasteiger partial charge in [0.2, 0.25) is 0 Å². The Hall–Kier alpha value is -2.93. The van der Waals surface area contributed by atoms with E-state index in [0.29, 0.717) is 24.5 Å². The lowest BCUT2D eigenvalue weighted by atomic mass is 10.1. The van der Waals surface area contributed by atoms with Gasteiger partial charge in [0.15, 0.2) is 0 Å². The zero-order chi connectivity index (χ0) is 19.7. The van der Waals surface area contributed by atoms with Crippen molar-refractivity contribution in [3.05, 3.63) is 59.5 Å². The molecule has 1 aliphatic heterocycles. The van der Waals surface area contributed by atoms with Crippen molar-refractivity contribution in [2.24, 2.45) is 7.05 Å². The summed E-state index contributed by atoms with van der Waals surface area (Å²) in [5.74, 6) is -0.200. The number of anilines is 1. The third-order valence-corrected chi connectivity index (χ3v) is 5.35. The average molecular weight is 381 g/mol. The maximum absolute atomic E-state index is 13.1. The third-order valence-electron chi connectivity index (χ3n) is 5.35. The minimum atomic E-state index is -0.207. The van der Waals surface area contributed by atoms with Gasteiger partial charge in [-0.2, -0.15) is 5.10 Å². The summed E-state index contributed by atoms with van der Waals surface area (Å²) in [4.78, 5) is 17.3. The summed E-state index contributed by atoms with van der Waals surface area (Å²) < 4.78 is 14.6. The summed E-state index contributed by atoms with van der Waals surface area (Å²) in [5, 5.41) is 5.26. The fourth-order valence-electron chi connectivity index (χ4n) is 3.73. The van der Waals surface area contributed by atoms with Gasteiger partial charge in [0.1, 0.15) is 11.5 Å². The van der Waals surface area contributed by atoms with E-state index >= 15 is 0 Å². The second-order valence-corrected chi connectivity index (χ2v) is 7.26. The maximum Gasteiger partial charge on any atom is 0.272 e. The van der Waals surface area contributed by atoms with Crippen LogP contribution in [0.15, 0.2) is 42.5 Å². The number of aromatic nitrogens is 2. The van der Waals surface area contributed by atoms with Gasteiger partial charge in [-0.15, -0.1) is 0 Å². The molecule has 0 unspecified atom stereocenters. The quantitative estimate of drug-likeness (QED) is 0.704. The highest BCUT2D eigenvalue weighted by molar-refractivity contribution is 6.05. The summed E-state index contributed by atoms with van der Waals surface area (Å²) in [6.45, 7) is 3.93. The molecule has 1 amide bonds. The van der Waals surface area contributed by atoms with Crippen molar-refractivity contribution in [3.63, 3.8) is 0 Å². The van der Waals surface area contributed by atoms with Crippen LogP contribution in [0.2, 0.25) is 0 Å². The smallest absolute Gasteiger partial charge is 0.272 e. The van der Waals surface area contributed by atoms with Crippen LogP contribution in [0, 0.1) is 5.82 Å². The Kier molecular flexibility index (Phi) is 5.00. The first-order valence-electron chi connectivity index (χ1n) is 9.49. The predicted molar refractivity (Wildman–Crippen MR) is 108 cm³/mol. The SMILES string of the molecule is Cn1nc2cc(N)ccc2c1C(=O)N1CCN(CCc2ccc(F)cc2)CC1. The number of nitrogens with zero attached hydrogens (tertiary/aromatic N) is 4. The Bertz CT molecular complexity index is 990. The van der Waals surface area contributed by atoms with Crippen LogP contribution in [0.5, 0.6) is 0 Å². The number of piperazine rings is 1. The highest BCUT2D eigenvalue weighted by Crippen LogP contribution is 2.22. The van der Waals surface area contributed by atoms with E-state index in [1.54, 1.807) is 23.9 Å². The first kappa shape index (κ1) is 18.4. The van der Waals surface area contributed by atoms with Crippen LogP contribution in [-0.4, -0.2) is 58.2 Å². The molecule has 7 heteroatoms. The number of aryl methyl sites for hydroxylation is 1. The largest absolute Gasteiger partial charge is 0.399 e. The average Bonchev–Trinajstić information content (AvgIpc) is 3.02. The number of carbonyl (C=O) groups is 1. The van der Waals surface area contributed by atoms with E-state index in [4.69, 9.17) is 5.73 Å². The molecule has 4 rings (SSSR count). The highest BCUT2D eigenvalue weighted by Gasteiger charge is 2.26. The molecule has 0 radical (unpaired) electrons. The molecule has 2 N–H and O–H groups in total. The van der Waals surface area contributed by atoms with E-state index in [-0.39, 0.29) is 11.7 Å². The van der Waals surface area contributed by atoms with Crippen molar-refractivity contribution < 1.29 is 9.18 Å². The van der Waals surface area contributed by atoms with Crippen molar-refractivity contribution in [3.8, 4) is 0 Å². The highest BCUT2D eigenvalue weighted by atomic mass is 19.1. The number of hydrogen-bond acceptors (Lipinski definition) is 4. The van der Waals surface area contributed by atoms with Gasteiger partial charge >= 0.3 is 0 Å². The monoisotopic (exact) mass is 381 g/mol. The van der Waals surface area contributed by atoms with Gasteiger partial charge in [0.05, 0.1) is 5.52 Å². The lowest BCUT2D eigenvalue weighted by Crippen LogP contribution is -2.49. The van der Waals surface area contributed by atoms with E-state index in [1.165, 1.54) is 12.1 Å². The van der Waals surface area contributed by atoms with E-state index in [2.05, 4.69) is 10.00 Å². The summed E-state index contributed by atoms with van der Waals surface area (Å²) in [5.41, 5.74) is 8.94. The zero-order valence-corrected chi connectivity index (χ0v) is 15.9. The number of halogens is 1. The zero-order valence-electron chi connectivity index (χ0n) is 15.9. The Morgan fingerprint density at radius 1 is 1.11 bits per heavy atom. The molecule has 146 valence electrons. The molecule has 0 spiro atoms. The fourth-order valence-corrected chi connectivity index (χ4v) is 3.73. The summed E-state index contributed by atoms with van der Waals surface area (Å²) >= 11 is 0. The number of nitrogen functional groups attached to an aromatic ring is 1. The van der Waals surface area contributed by atoms with Crippen molar-refractivity contribution in [1.82, 2.24) is 19.6 Å². The summed E-state index contributed by atoms with van der Waals surface area (Å²) in [6, 6.07) is 12.1. The van der Waals surface area contributed by atoms with E-state index in [1.807, 2.05) is 23.1 Å². The van der Waals surface area contributed by atoms with Gasteiger partial charge in [0.25, 0.3) is 5.91 Å². The van der Waals surface area contributed by atoms with Crippen molar-refractivity contribution >= 4 is 22.5 Å². The molecule has 2 aromatic carbocycles. The second-order valence-electron chi connectivity index (χ2n) is 7.26. The Labute approximate surface area is 163 Å². The number of carbonyl (C=O) groups excluding carboxylic acids is 1. The standard InChI is InChI=1S/C21H24FN5O/c1-25-20(18-7-6-17(23)14-19(18)24-25)21(28)27-12-10-26(11-13-27)9-8-15-2-4-16(22)5-3-15/h2-7,14H,8-13,23H2,1H3. The molecular weight excluding hydrogens is 357 g/mol. The number of nitrogens with two attached hydrogens (primary N) is 1. The lowest BCUT2D eigenvalue weighted by molar-refractivity contribution is 0.0629. The van der Waals surface area contributed by atoms with Crippen LogP contribution >= 0.6 is 0 Å². The van der Waals surface area contributed by atoms with Crippen molar-refractivity contribution in [1.29, 1.82) is 0 Å². The number of benzene rings is 2. The van der Waals surface area contributed by atoms with Gasteiger partial charge in [-0.1, -0.05) is 12.1 Å². The minimum absolute atomic E-state index is 0.00737. The number of amides is 1. The van der Waals surface area contributed by atoms with Crippen LogP contribution in [-0.2, 0) is 13.5 Å². The molecule has 1 aromatic heterocycles. The molecule has 0 saturated carbocycles. The molecule has 0 atom stereocenters. The van der Waals surface area contributed by atoms with E-state index in [0.717, 1.165) is 42.5 Å². The molecule has 1 saturated heterocycles. The summed E-state index contributed by atoms with van der Waals surface area (Å²) in [6.07, 6.45) is 0.877. The number of hydrogen-bond donors (Lipinski definition) is 1. The molecule has 1 fully saturated rings. The predicted octanol–water partition coefficient (Wildman–Crippen LogP) is 2.30. The minimum Gasteiger partial charge on any atom is -0.399 e. The molecule has 0 aliphatic carbocycles. The Morgan fingerprint density at radius 2 is 1.82 bits per heavy atom. The van der Waals surface area contributed by atoms with Gasteiger partial charge < -0.3 is 10.6 Å². The topological polar surface area (TPSA) is 67.4 Å². The van der Waals surface area contributed by atoms with E-state index in [9.17, 15) is 9.18 Å². The molecule has 2 heterocycles. The molecule has 28 heavy (non-hydrogen) atoms. The van der Waals surface area contributed by atoms with Gasteiger partial charge in [0, 0.05) is 50.8 Å². The van der Waals surface area contributed by atoms with Crippen LogP contribution in [0.4, 0.5) is 10.1 Å².